The van der Waals surface area contributed by atoms with E-state index in [2.05, 4.69) is 46.0 Å². The van der Waals surface area contributed by atoms with Gasteiger partial charge in [0.15, 0.2) is 0 Å². The summed E-state index contributed by atoms with van der Waals surface area (Å²) < 4.78 is 26.3. The first-order valence-electron chi connectivity index (χ1n) is 13.1. The second kappa shape index (κ2) is 12.7. The number of hydrogen-bond donors (Lipinski definition) is 1. The zero-order chi connectivity index (χ0) is 28.0. The molecule has 208 valence electrons. The molecule has 1 fully saturated rings. The minimum absolute atomic E-state index is 0.244. The summed E-state index contributed by atoms with van der Waals surface area (Å²) in [5, 5.41) is 9.46. The molecule has 1 aliphatic rings. The van der Waals surface area contributed by atoms with Gasteiger partial charge in [0, 0.05) is 66.1 Å². The maximum atomic E-state index is 12.5. The molecule has 10 heteroatoms. The van der Waals surface area contributed by atoms with Crippen LogP contribution in [0.15, 0.2) is 71.8 Å². The van der Waals surface area contributed by atoms with Crippen molar-refractivity contribution in [3.63, 3.8) is 0 Å². The lowest BCUT2D eigenvalue weighted by molar-refractivity contribution is 0.0697. The number of pyridine rings is 1. The van der Waals surface area contributed by atoms with Crippen LogP contribution >= 0.6 is 0 Å². The van der Waals surface area contributed by atoms with Gasteiger partial charge in [0.25, 0.3) is 0 Å². The number of hydrogen-bond acceptors (Lipinski definition) is 7. The van der Waals surface area contributed by atoms with Crippen LogP contribution in [-0.4, -0.2) is 85.4 Å². The predicted molar refractivity (Wildman–Crippen MR) is 152 cm³/mol. The fourth-order valence-electron chi connectivity index (χ4n) is 4.75. The largest absolute Gasteiger partial charge is 0.478 e. The van der Waals surface area contributed by atoms with Crippen LogP contribution in [0.2, 0.25) is 0 Å². The van der Waals surface area contributed by atoms with E-state index in [4.69, 9.17) is 0 Å². The molecular weight excluding hydrogens is 514 g/mol. The number of sulfonamides is 1. The molecule has 0 unspecified atom stereocenters. The number of aromatic nitrogens is 1. The molecule has 0 spiro atoms. The topological polar surface area (TPSA) is 97.3 Å². The molecule has 0 amide bonds. The van der Waals surface area contributed by atoms with Crippen molar-refractivity contribution in [1.82, 2.24) is 19.1 Å². The molecule has 4 rings (SSSR count). The summed E-state index contributed by atoms with van der Waals surface area (Å²) in [6, 6.07) is 19.1. The van der Waals surface area contributed by atoms with Crippen molar-refractivity contribution in [2.24, 2.45) is 0 Å². The van der Waals surface area contributed by atoms with E-state index in [1.54, 1.807) is 50.6 Å². The third kappa shape index (κ3) is 7.21. The maximum absolute atomic E-state index is 12.5. The lowest BCUT2D eigenvalue weighted by Crippen LogP contribution is -2.46. The zero-order valence-corrected chi connectivity index (χ0v) is 23.6. The second-order valence-corrected chi connectivity index (χ2v) is 12.1. The molecule has 0 radical (unpaired) electrons. The van der Waals surface area contributed by atoms with Crippen LogP contribution in [0.3, 0.4) is 0 Å². The average molecular weight is 552 g/mol. The van der Waals surface area contributed by atoms with Crippen LogP contribution in [0, 0.1) is 0 Å². The highest BCUT2D eigenvalue weighted by Crippen LogP contribution is 2.21. The molecule has 39 heavy (non-hydrogen) atoms. The van der Waals surface area contributed by atoms with E-state index >= 15 is 0 Å². The molecule has 0 atom stereocenters. The van der Waals surface area contributed by atoms with Gasteiger partial charge in [-0.25, -0.2) is 22.5 Å². The Morgan fingerprint density at radius 3 is 2.23 bits per heavy atom. The SMILES string of the molecule is CCN(Cc1ccc(CN2CCN(c3ncccc3C(=O)O)CC2)cc1)Cc1cccc(S(=O)(=O)N(C)C)c1. The van der Waals surface area contributed by atoms with Gasteiger partial charge in [-0.3, -0.25) is 9.80 Å². The minimum Gasteiger partial charge on any atom is -0.478 e. The number of carbonyl (C=O) groups is 1. The lowest BCUT2D eigenvalue weighted by atomic mass is 10.1. The highest BCUT2D eigenvalue weighted by atomic mass is 32.2. The summed E-state index contributed by atoms with van der Waals surface area (Å²) in [6.45, 7) is 8.38. The van der Waals surface area contributed by atoms with E-state index in [9.17, 15) is 18.3 Å². The maximum Gasteiger partial charge on any atom is 0.339 e. The first-order chi connectivity index (χ1) is 18.7. The Morgan fingerprint density at radius 1 is 0.923 bits per heavy atom. The van der Waals surface area contributed by atoms with E-state index < -0.39 is 16.0 Å². The summed E-state index contributed by atoms with van der Waals surface area (Å²) in [7, 11) is -0.370. The quantitative estimate of drug-likeness (QED) is 0.388. The first kappa shape index (κ1) is 28.7. The Bertz CT molecular complexity index is 1370. The first-order valence-corrected chi connectivity index (χ1v) is 14.6. The van der Waals surface area contributed by atoms with Gasteiger partial charge in [-0.05, 0) is 47.5 Å². The van der Waals surface area contributed by atoms with Crippen molar-refractivity contribution in [2.75, 3.05) is 51.7 Å². The third-order valence-electron chi connectivity index (χ3n) is 7.05. The van der Waals surface area contributed by atoms with Crippen LogP contribution in [0.1, 0.15) is 34.0 Å². The molecule has 2 heterocycles. The van der Waals surface area contributed by atoms with E-state index in [0.29, 0.717) is 17.3 Å². The van der Waals surface area contributed by atoms with Gasteiger partial charge in [0.2, 0.25) is 10.0 Å². The third-order valence-corrected chi connectivity index (χ3v) is 8.87. The van der Waals surface area contributed by atoms with Gasteiger partial charge in [-0.2, -0.15) is 0 Å². The van der Waals surface area contributed by atoms with Gasteiger partial charge in [-0.1, -0.05) is 43.3 Å². The van der Waals surface area contributed by atoms with E-state index in [-0.39, 0.29) is 5.56 Å². The van der Waals surface area contributed by atoms with Crippen LogP contribution < -0.4 is 4.90 Å². The van der Waals surface area contributed by atoms with Crippen molar-refractivity contribution in [1.29, 1.82) is 0 Å². The number of benzene rings is 2. The molecular formula is C29H37N5O4S. The molecule has 1 aromatic heterocycles. The number of carboxylic acids is 1. The fourth-order valence-corrected chi connectivity index (χ4v) is 5.73. The predicted octanol–water partition coefficient (Wildman–Crippen LogP) is 3.37. The van der Waals surface area contributed by atoms with Crippen molar-refractivity contribution in [2.45, 2.75) is 31.5 Å². The number of aromatic carboxylic acids is 1. The van der Waals surface area contributed by atoms with Crippen LogP contribution in [0.4, 0.5) is 5.82 Å². The number of carboxylic acid groups (broad SMARTS) is 1. The monoisotopic (exact) mass is 551 g/mol. The van der Waals surface area contributed by atoms with Crippen molar-refractivity contribution >= 4 is 21.8 Å². The van der Waals surface area contributed by atoms with Crippen LogP contribution in [0.25, 0.3) is 0 Å². The van der Waals surface area contributed by atoms with Gasteiger partial charge >= 0.3 is 5.97 Å². The normalized spacial score (nSPS) is 14.7. The Hall–Kier alpha value is -3.31. The second-order valence-electron chi connectivity index (χ2n) is 10.00. The Labute approximate surface area is 231 Å². The summed E-state index contributed by atoms with van der Waals surface area (Å²) >= 11 is 0. The minimum atomic E-state index is -3.46. The summed E-state index contributed by atoms with van der Waals surface area (Å²) in [4.78, 5) is 22.9. The van der Waals surface area contributed by atoms with E-state index in [0.717, 1.165) is 51.4 Å². The lowest BCUT2D eigenvalue weighted by Gasteiger charge is -2.35. The zero-order valence-electron chi connectivity index (χ0n) is 22.8. The van der Waals surface area contributed by atoms with Gasteiger partial charge in [-0.15, -0.1) is 0 Å². The molecule has 0 aliphatic carbocycles. The van der Waals surface area contributed by atoms with Crippen molar-refractivity contribution in [3.05, 3.63) is 89.1 Å². The smallest absolute Gasteiger partial charge is 0.339 e. The van der Waals surface area contributed by atoms with Gasteiger partial charge < -0.3 is 10.0 Å². The molecule has 1 saturated heterocycles. The number of piperazine rings is 1. The van der Waals surface area contributed by atoms with Gasteiger partial charge in [0.05, 0.1) is 4.90 Å². The molecule has 0 saturated carbocycles. The number of anilines is 1. The Morgan fingerprint density at radius 2 is 1.59 bits per heavy atom. The molecule has 2 aromatic carbocycles. The van der Waals surface area contributed by atoms with Gasteiger partial charge in [0.1, 0.15) is 11.4 Å². The van der Waals surface area contributed by atoms with E-state index in [1.807, 2.05) is 11.0 Å². The molecule has 9 nitrogen and oxygen atoms in total. The van der Waals surface area contributed by atoms with Crippen molar-refractivity contribution < 1.29 is 18.3 Å². The average Bonchev–Trinajstić information content (AvgIpc) is 2.94. The van der Waals surface area contributed by atoms with E-state index in [1.165, 1.54) is 15.4 Å². The fraction of sp³-hybridized carbons (Fsp3) is 0.379. The number of rotatable bonds is 11. The highest BCUT2D eigenvalue weighted by molar-refractivity contribution is 7.89. The highest BCUT2D eigenvalue weighted by Gasteiger charge is 2.22. The summed E-state index contributed by atoms with van der Waals surface area (Å²) in [5.74, 6) is -0.409. The molecule has 1 aliphatic heterocycles. The summed E-state index contributed by atoms with van der Waals surface area (Å²) in [5.41, 5.74) is 3.66. The number of nitrogens with zero attached hydrogens (tertiary/aromatic N) is 5. The standard InChI is InChI=1S/C29H37N5O4S/c1-4-32(22-25-7-5-8-26(19-25)39(37,38)31(2)3)20-23-10-12-24(13-11-23)21-33-15-17-34(18-16-33)28-27(29(35)36)9-6-14-30-28/h5-14,19H,4,15-18,20-22H2,1-3H3,(H,35,36). The van der Waals surface area contributed by atoms with Crippen LogP contribution in [-0.2, 0) is 29.7 Å². The molecule has 3 aromatic rings. The summed E-state index contributed by atoms with van der Waals surface area (Å²) in [6.07, 6.45) is 1.64. The molecule has 1 N–H and O–H groups in total. The Balaban J connectivity index is 1.31. The Kier molecular flexibility index (Phi) is 9.34. The molecule has 0 bridgehead atoms. The van der Waals surface area contributed by atoms with Crippen molar-refractivity contribution in [3.8, 4) is 0 Å². The van der Waals surface area contributed by atoms with Crippen LogP contribution in [0.5, 0.6) is 0 Å².